The number of hydrogen-bond donors (Lipinski definition) is 0. The van der Waals surface area contributed by atoms with E-state index in [0.29, 0.717) is 11.1 Å². The third-order valence-electron chi connectivity index (χ3n) is 1.67. The second-order valence-electron chi connectivity index (χ2n) is 2.50. The highest BCUT2D eigenvalue weighted by Crippen LogP contribution is 2.10. The van der Waals surface area contributed by atoms with Crippen molar-refractivity contribution in [3.63, 3.8) is 0 Å². The normalized spacial score (nSPS) is 8.79. The van der Waals surface area contributed by atoms with E-state index in [1.807, 2.05) is 0 Å². The molecule has 70 valence electrons. The summed E-state index contributed by atoms with van der Waals surface area (Å²) < 4.78 is 0. The monoisotopic (exact) mass is 188 g/mol. The van der Waals surface area contributed by atoms with Crippen molar-refractivity contribution in [1.29, 1.82) is 5.26 Å². The van der Waals surface area contributed by atoms with Gasteiger partial charge in [-0.2, -0.15) is 5.26 Å². The number of carbonyl (C=O) groups is 1. The van der Waals surface area contributed by atoms with Crippen molar-refractivity contribution < 1.29 is 9.63 Å². The van der Waals surface area contributed by atoms with E-state index >= 15 is 0 Å². The standard InChI is InChI=1S/C10H8N2O2/c1-12-14-7-8-4-2-3-5-9(8)10(13)6-11/h2-5H,1,7H2. The number of nitriles is 1. The van der Waals surface area contributed by atoms with E-state index in [9.17, 15) is 4.79 Å². The molecule has 0 aliphatic heterocycles. The molecule has 0 atom stereocenters. The number of ketones is 1. The fourth-order valence-corrected chi connectivity index (χ4v) is 1.04. The van der Waals surface area contributed by atoms with Gasteiger partial charge in [0.25, 0.3) is 5.78 Å². The van der Waals surface area contributed by atoms with Gasteiger partial charge in [0, 0.05) is 17.8 Å². The lowest BCUT2D eigenvalue weighted by atomic mass is 10.1. The van der Waals surface area contributed by atoms with E-state index in [-0.39, 0.29) is 6.61 Å². The van der Waals surface area contributed by atoms with Gasteiger partial charge in [-0.1, -0.05) is 18.2 Å². The topological polar surface area (TPSA) is 62.4 Å². The van der Waals surface area contributed by atoms with Gasteiger partial charge in [-0.25, -0.2) is 0 Å². The van der Waals surface area contributed by atoms with E-state index in [0.717, 1.165) is 0 Å². The minimum Gasteiger partial charge on any atom is -0.391 e. The van der Waals surface area contributed by atoms with Gasteiger partial charge in [0.15, 0.2) is 0 Å². The smallest absolute Gasteiger partial charge is 0.262 e. The van der Waals surface area contributed by atoms with Crippen LogP contribution in [-0.2, 0) is 11.4 Å². The van der Waals surface area contributed by atoms with Gasteiger partial charge in [0.1, 0.15) is 12.7 Å². The summed E-state index contributed by atoms with van der Waals surface area (Å²) in [7, 11) is 0. The van der Waals surface area contributed by atoms with Crippen molar-refractivity contribution in [3.05, 3.63) is 35.4 Å². The summed E-state index contributed by atoms with van der Waals surface area (Å²) in [6.45, 7) is 3.29. The maximum Gasteiger partial charge on any atom is 0.262 e. The van der Waals surface area contributed by atoms with Gasteiger partial charge in [-0.15, -0.1) is 5.16 Å². The molecule has 0 spiro atoms. The van der Waals surface area contributed by atoms with Crippen LogP contribution < -0.4 is 0 Å². The Labute approximate surface area is 81.4 Å². The Hall–Kier alpha value is -2.15. The molecule has 1 aromatic rings. The molecule has 0 amide bonds. The first-order chi connectivity index (χ1) is 6.79. The summed E-state index contributed by atoms with van der Waals surface area (Å²) in [5.74, 6) is -0.576. The van der Waals surface area contributed by atoms with Crippen molar-refractivity contribution in [3.8, 4) is 6.07 Å². The molecule has 0 unspecified atom stereocenters. The first kappa shape index (κ1) is 9.93. The minimum absolute atomic E-state index is 0.146. The lowest BCUT2D eigenvalue weighted by Crippen LogP contribution is -2.01. The molecule has 0 fully saturated rings. The zero-order valence-electron chi connectivity index (χ0n) is 7.43. The average molecular weight is 188 g/mol. The molecule has 0 aromatic heterocycles. The highest BCUT2D eigenvalue weighted by atomic mass is 16.6. The number of hydrogen-bond acceptors (Lipinski definition) is 4. The second kappa shape index (κ2) is 4.77. The van der Waals surface area contributed by atoms with Crippen LogP contribution in [0.3, 0.4) is 0 Å². The van der Waals surface area contributed by atoms with Crippen LogP contribution in [0.1, 0.15) is 15.9 Å². The zero-order chi connectivity index (χ0) is 10.4. The summed E-state index contributed by atoms with van der Waals surface area (Å²) in [6, 6.07) is 8.29. The first-order valence-electron chi connectivity index (χ1n) is 3.90. The molecule has 0 saturated heterocycles. The van der Waals surface area contributed by atoms with Crippen molar-refractivity contribution in [2.75, 3.05) is 0 Å². The number of nitrogens with zero attached hydrogens (tertiary/aromatic N) is 2. The average Bonchev–Trinajstić information content (AvgIpc) is 2.25. The molecule has 14 heavy (non-hydrogen) atoms. The molecule has 0 heterocycles. The van der Waals surface area contributed by atoms with E-state index in [1.54, 1.807) is 30.3 Å². The third kappa shape index (κ3) is 2.17. The third-order valence-corrected chi connectivity index (χ3v) is 1.67. The van der Waals surface area contributed by atoms with Gasteiger partial charge in [-0.3, -0.25) is 4.79 Å². The lowest BCUT2D eigenvalue weighted by molar-refractivity contribution is 0.104. The summed E-state index contributed by atoms with van der Waals surface area (Å²) >= 11 is 0. The molecule has 0 radical (unpaired) electrons. The van der Waals surface area contributed by atoms with Crippen LogP contribution in [0.2, 0.25) is 0 Å². The lowest BCUT2D eigenvalue weighted by Gasteiger charge is -2.03. The van der Waals surface area contributed by atoms with Gasteiger partial charge in [-0.05, 0) is 6.07 Å². The maximum absolute atomic E-state index is 11.1. The Kier molecular flexibility index (Phi) is 3.39. The Bertz CT molecular complexity index is 393. The fourth-order valence-electron chi connectivity index (χ4n) is 1.04. The molecule has 0 bridgehead atoms. The van der Waals surface area contributed by atoms with Gasteiger partial charge in [0.05, 0.1) is 0 Å². The summed E-state index contributed by atoms with van der Waals surface area (Å²) in [6.07, 6.45) is 0. The predicted molar refractivity (Wildman–Crippen MR) is 50.7 cm³/mol. The second-order valence-corrected chi connectivity index (χ2v) is 2.50. The molecule has 0 aliphatic carbocycles. The zero-order valence-corrected chi connectivity index (χ0v) is 7.43. The first-order valence-corrected chi connectivity index (χ1v) is 3.90. The van der Waals surface area contributed by atoms with Crippen LogP contribution >= 0.6 is 0 Å². The van der Waals surface area contributed by atoms with E-state index in [2.05, 4.69) is 11.9 Å². The number of rotatable bonds is 4. The molecule has 1 aromatic carbocycles. The van der Waals surface area contributed by atoms with Crippen molar-refractivity contribution >= 4 is 12.5 Å². The number of benzene rings is 1. The highest BCUT2D eigenvalue weighted by Gasteiger charge is 2.09. The van der Waals surface area contributed by atoms with Crippen LogP contribution in [0.4, 0.5) is 0 Å². The van der Waals surface area contributed by atoms with Crippen LogP contribution in [0.25, 0.3) is 0 Å². The van der Waals surface area contributed by atoms with Crippen LogP contribution in [-0.4, -0.2) is 12.5 Å². The summed E-state index contributed by atoms with van der Waals surface area (Å²) in [5, 5.41) is 11.7. The van der Waals surface area contributed by atoms with E-state index < -0.39 is 5.78 Å². The Morgan fingerprint density at radius 3 is 2.93 bits per heavy atom. The van der Waals surface area contributed by atoms with Crippen LogP contribution in [0.15, 0.2) is 29.4 Å². The van der Waals surface area contributed by atoms with Gasteiger partial charge >= 0.3 is 0 Å². The Balaban J connectivity index is 2.98. The summed E-state index contributed by atoms with van der Waals surface area (Å²) in [5.41, 5.74) is 0.977. The van der Waals surface area contributed by atoms with Crippen LogP contribution in [0, 0.1) is 11.3 Å². The van der Waals surface area contributed by atoms with E-state index in [4.69, 9.17) is 10.1 Å². The molecular weight excluding hydrogens is 180 g/mol. The van der Waals surface area contributed by atoms with Crippen molar-refractivity contribution in [2.45, 2.75) is 6.61 Å². The van der Waals surface area contributed by atoms with Crippen LogP contribution in [0.5, 0.6) is 0 Å². The van der Waals surface area contributed by atoms with E-state index in [1.165, 1.54) is 0 Å². The Morgan fingerprint density at radius 2 is 2.29 bits per heavy atom. The molecule has 0 saturated carbocycles. The molecule has 4 nitrogen and oxygen atoms in total. The molecular formula is C10H8N2O2. The quantitative estimate of drug-likeness (QED) is 0.311. The molecule has 0 N–H and O–H groups in total. The SMILES string of the molecule is C=NOCc1ccccc1C(=O)C#N. The molecule has 1 rings (SSSR count). The van der Waals surface area contributed by atoms with Gasteiger partial charge in [0.2, 0.25) is 0 Å². The fraction of sp³-hybridized carbons (Fsp3) is 0.100. The Morgan fingerprint density at radius 1 is 1.57 bits per heavy atom. The maximum atomic E-state index is 11.1. The molecule has 0 aliphatic rings. The predicted octanol–water partition coefficient (Wildman–Crippen LogP) is 1.53. The highest BCUT2D eigenvalue weighted by molar-refractivity contribution is 6.08. The number of carbonyl (C=O) groups excluding carboxylic acids is 1. The van der Waals surface area contributed by atoms with Gasteiger partial charge < -0.3 is 4.84 Å². The minimum atomic E-state index is -0.576. The number of Topliss-reactive ketones (excluding diaryl/α,β-unsaturated/α-hetero) is 1. The largest absolute Gasteiger partial charge is 0.391 e. The summed E-state index contributed by atoms with van der Waals surface area (Å²) in [4.78, 5) is 15.8. The van der Waals surface area contributed by atoms with Crippen molar-refractivity contribution in [2.24, 2.45) is 5.16 Å². The number of oxime groups is 1. The van der Waals surface area contributed by atoms with Crippen molar-refractivity contribution in [1.82, 2.24) is 0 Å². The molecule has 4 heteroatoms.